The van der Waals surface area contributed by atoms with Gasteiger partial charge in [-0.15, -0.1) is 11.3 Å². The van der Waals surface area contributed by atoms with Gasteiger partial charge in [-0.25, -0.2) is 9.55 Å². The number of carbonyl (C=O) groups excluding carboxylic acids is 1. The predicted octanol–water partition coefficient (Wildman–Crippen LogP) is 3.10. The first-order valence-electron chi connectivity index (χ1n) is 11.3. The van der Waals surface area contributed by atoms with Crippen LogP contribution in [0.3, 0.4) is 0 Å². The average molecular weight is 489 g/mol. The minimum atomic E-state index is -1.01. The molecule has 1 aliphatic carbocycles. The Balaban J connectivity index is 1.34. The number of hydrogen-bond acceptors (Lipinski definition) is 5. The molecule has 0 atom stereocenters. The van der Waals surface area contributed by atoms with Gasteiger partial charge in [-0.05, 0) is 29.5 Å². The molecule has 3 heterocycles. The number of aromatic nitrogens is 4. The van der Waals surface area contributed by atoms with Crippen molar-refractivity contribution in [2.75, 3.05) is 11.9 Å². The largest absolute Gasteiger partial charge is 0.481 e. The van der Waals surface area contributed by atoms with Crippen LogP contribution in [0.15, 0.2) is 66.6 Å². The van der Waals surface area contributed by atoms with Crippen molar-refractivity contribution in [1.29, 1.82) is 0 Å². The Bertz CT molecular complexity index is 1370. The molecule has 0 fully saturated rings. The number of aryl methyl sites for hydroxylation is 1. The molecular weight excluding hydrogens is 462 g/mol. The third-order valence-electron chi connectivity index (χ3n) is 6.52. The molecule has 9 heteroatoms. The van der Waals surface area contributed by atoms with Gasteiger partial charge in [0.25, 0.3) is 0 Å². The number of nitrogens with zero attached hydrogens (tertiary/aromatic N) is 5. The first kappa shape index (κ1) is 22.9. The third-order valence-corrected chi connectivity index (χ3v) is 7.44. The Morgan fingerprint density at radius 1 is 1.17 bits per heavy atom. The van der Waals surface area contributed by atoms with Crippen molar-refractivity contribution in [3.63, 3.8) is 0 Å². The first-order chi connectivity index (χ1) is 16.8. The summed E-state index contributed by atoms with van der Waals surface area (Å²) in [6.07, 6.45) is 8.32. The van der Waals surface area contributed by atoms with Crippen LogP contribution in [0.2, 0.25) is 0 Å². The summed E-state index contributed by atoms with van der Waals surface area (Å²) in [4.78, 5) is 31.6. The number of fused-ring (bicyclic) bond motifs is 1. The van der Waals surface area contributed by atoms with Crippen LogP contribution in [-0.4, -0.2) is 38.8 Å². The van der Waals surface area contributed by atoms with E-state index in [0.717, 1.165) is 27.9 Å². The number of carboxylic acids is 1. The Labute approximate surface area is 207 Å². The summed E-state index contributed by atoms with van der Waals surface area (Å²) in [5.41, 5.74) is 3.81. The molecule has 1 aromatic carbocycles. The average Bonchev–Trinajstić information content (AvgIpc) is 3.57. The lowest BCUT2D eigenvalue weighted by Gasteiger charge is -2.30. The van der Waals surface area contributed by atoms with Crippen LogP contribution in [0.25, 0.3) is 11.3 Å². The molecule has 0 unspecified atom stereocenters. The first-order valence-corrected chi connectivity index (χ1v) is 12.2. The van der Waals surface area contributed by atoms with Gasteiger partial charge < -0.3 is 5.11 Å². The number of rotatable bonds is 7. The zero-order chi connectivity index (χ0) is 24.6. The molecule has 4 aromatic rings. The van der Waals surface area contributed by atoms with Crippen molar-refractivity contribution in [3.8, 4) is 11.3 Å². The fourth-order valence-corrected chi connectivity index (χ4v) is 5.53. The summed E-state index contributed by atoms with van der Waals surface area (Å²) < 4.78 is 3.84. The lowest BCUT2D eigenvalue weighted by Crippen LogP contribution is -2.44. The van der Waals surface area contributed by atoms with Crippen LogP contribution >= 0.6 is 11.3 Å². The minimum absolute atomic E-state index is 0.215. The van der Waals surface area contributed by atoms with Gasteiger partial charge in [-0.3, -0.25) is 19.2 Å². The van der Waals surface area contributed by atoms with E-state index in [1.165, 1.54) is 16.2 Å². The summed E-state index contributed by atoms with van der Waals surface area (Å²) >= 11 is 1.36. The molecule has 178 valence electrons. The molecule has 3 aromatic heterocycles. The van der Waals surface area contributed by atoms with E-state index in [1.54, 1.807) is 13.2 Å². The number of benzene rings is 1. The highest BCUT2D eigenvalue weighted by molar-refractivity contribution is 7.14. The number of hydrogen-bond donors (Lipinski definition) is 1. The molecule has 1 aliphatic rings. The van der Waals surface area contributed by atoms with E-state index in [2.05, 4.69) is 22.2 Å². The highest BCUT2D eigenvalue weighted by Crippen LogP contribution is 2.42. The maximum absolute atomic E-state index is 13.7. The highest BCUT2D eigenvalue weighted by Gasteiger charge is 2.47. The van der Waals surface area contributed by atoms with Crippen molar-refractivity contribution in [2.24, 2.45) is 12.5 Å². The van der Waals surface area contributed by atoms with Crippen LogP contribution in [0, 0.1) is 5.41 Å². The lowest BCUT2D eigenvalue weighted by atomic mass is 9.80. The number of carboxylic acid groups (broad SMARTS) is 1. The number of amides is 1. The number of anilines is 1. The molecule has 0 spiro atoms. The zero-order valence-electron chi connectivity index (χ0n) is 19.6. The number of aliphatic carboxylic acids is 1. The Morgan fingerprint density at radius 3 is 2.51 bits per heavy atom. The fraction of sp³-hybridized carbons (Fsp3) is 0.269. The zero-order valence-corrected chi connectivity index (χ0v) is 20.4. The summed E-state index contributed by atoms with van der Waals surface area (Å²) in [5, 5.41) is 16.5. The molecule has 0 radical (unpaired) electrons. The molecular formula is C26H26N5O3S+. The van der Waals surface area contributed by atoms with Gasteiger partial charge in [-0.1, -0.05) is 24.3 Å². The molecule has 0 bridgehead atoms. The Morgan fingerprint density at radius 2 is 1.86 bits per heavy atom. The van der Waals surface area contributed by atoms with Crippen molar-refractivity contribution in [3.05, 3.63) is 83.3 Å². The van der Waals surface area contributed by atoms with E-state index in [9.17, 15) is 14.7 Å². The van der Waals surface area contributed by atoms with Gasteiger partial charge >= 0.3 is 5.97 Å². The van der Waals surface area contributed by atoms with Crippen LogP contribution in [0.4, 0.5) is 5.13 Å². The van der Waals surface area contributed by atoms with Gasteiger partial charge in [0.05, 0.1) is 30.3 Å². The van der Waals surface area contributed by atoms with E-state index in [0.29, 0.717) is 24.5 Å². The van der Waals surface area contributed by atoms with E-state index in [-0.39, 0.29) is 12.3 Å². The third kappa shape index (κ3) is 4.59. The summed E-state index contributed by atoms with van der Waals surface area (Å²) in [7, 11) is 3.66. The van der Waals surface area contributed by atoms with Crippen LogP contribution < -0.4 is 9.47 Å². The number of carbonyl (C=O) groups is 2. The summed E-state index contributed by atoms with van der Waals surface area (Å²) in [5.74, 6) is -1.19. The molecule has 0 saturated heterocycles. The number of thiazole rings is 1. The molecule has 0 aliphatic heterocycles. The standard InChI is InChI=1S/C26H25N5O3S/c1-29-9-7-18(8-10-29)15-31-16-21(14-27-31)22-17-35-25(28-22)30(2)24(34)26(13-23(32)33)11-19-5-3-4-6-20(19)12-26/h3-10,14,16-17H,11-13,15H2,1-2H3/p+1. The molecule has 35 heavy (non-hydrogen) atoms. The lowest BCUT2D eigenvalue weighted by molar-refractivity contribution is -0.671. The second-order valence-corrected chi connectivity index (χ2v) is 9.99. The van der Waals surface area contributed by atoms with E-state index >= 15 is 0 Å². The van der Waals surface area contributed by atoms with Crippen LogP contribution in [0.5, 0.6) is 0 Å². The Hall–Kier alpha value is -3.85. The maximum atomic E-state index is 13.7. The second kappa shape index (κ2) is 9.07. The molecule has 5 rings (SSSR count). The molecule has 1 N–H and O–H groups in total. The fourth-order valence-electron chi connectivity index (χ4n) is 4.74. The maximum Gasteiger partial charge on any atom is 0.304 e. The van der Waals surface area contributed by atoms with Crippen molar-refractivity contribution >= 4 is 28.3 Å². The van der Waals surface area contributed by atoms with Gasteiger partial charge in [0, 0.05) is 36.3 Å². The van der Waals surface area contributed by atoms with Crippen molar-refractivity contribution in [1.82, 2.24) is 14.8 Å². The topological polar surface area (TPSA) is 92.2 Å². The monoisotopic (exact) mass is 488 g/mol. The normalized spacial score (nSPS) is 14.0. The minimum Gasteiger partial charge on any atom is -0.481 e. The summed E-state index contributed by atoms with van der Waals surface area (Å²) in [6.45, 7) is 0.647. The van der Waals surface area contributed by atoms with E-state index in [1.807, 2.05) is 64.5 Å². The van der Waals surface area contributed by atoms with Crippen molar-refractivity contribution in [2.45, 2.75) is 25.8 Å². The van der Waals surface area contributed by atoms with E-state index in [4.69, 9.17) is 0 Å². The number of pyridine rings is 1. The van der Waals surface area contributed by atoms with E-state index < -0.39 is 11.4 Å². The van der Waals surface area contributed by atoms with Gasteiger partial charge in [0.15, 0.2) is 17.5 Å². The second-order valence-electron chi connectivity index (χ2n) is 9.15. The molecule has 1 amide bonds. The smallest absolute Gasteiger partial charge is 0.304 e. The predicted molar refractivity (Wildman–Crippen MR) is 132 cm³/mol. The SMILES string of the molecule is CN(C(=O)C1(CC(=O)O)Cc2ccccc2C1)c1nc(-c2cnn(Cc3cc[n+](C)cc3)c2)cs1. The van der Waals surface area contributed by atoms with Gasteiger partial charge in [0.1, 0.15) is 7.05 Å². The highest BCUT2D eigenvalue weighted by atomic mass is 32.1. The van der Waals surface area contributed by atoms with Crippen molar-refractivity contribution < 1.29 is 19.3 Å². The summed E-state index contributed by atoms with van der Waals surface area (Å²) in [6, 6.07) is 11.9. The Kier molecular flexibility index (Phi) is 5.94. The molecule has 8 nitrogen and oxygen atoms in total. The van der Waals surface area contributed by atoms with Gasteiger partial charge in [0.2, 0.25) is 5.91 Å². The van der Waals surface area contributed by atoms with Crippen LogP contribution in [0.1, 0.15) is 23.1 Å². The van der Waals surface area contributed by atoms with Crippen LogP contribution in [-0.2, 0) is 36.0 Å². The quantitative estimate of drug-likeness (QED) is 0.404. The molecule has 0 saturated carbocycles. The van der Waals surface area contributed by atoms with Gasteiger partial charge in [-0.2, -0.15) is 5.10 Å².